The summed E-state index contributed by atoms with van der Waals surface area (Å²) in [4.78, 5) is 25.0. The Hall–Kier alpha value is -2.62. The number of nitrogens with one attached hydrogen (secondary N) is 1. The number of benzene rings is 2. The van der Waals surface area contributed by atoms with E-state index >= 15 is 0 Å². The number of rotatable bonds is 5. The molecule has 0 aromatic heterocycles. The molecule has 0 fully saturated rings. The third kappa shape index (κ3) is 4.95. The molecule has 0 radical (unpaired) electrons. The Morgan fingerprint density at radius 2 is 1.43 bits per heavy atom. The van der Waals surface area contributed by atoms with E-state index in [0.717, 1.165) is 6.42 Å². The van der Waals surface area contributed by atoms with Crippen LogP contribution in [0.1, 0.15) is 41.0 Å². The number of carbonyl (C=O) groups excluding carboxylic acids is 2. The lowest BCUT2D eigenvalue weighted by Gasteiger charge is -2.24. The smallest absolute Gasteiger partial charge is 0.267 e. The molecule has 2 amide bonds. The van der Waals surface area contributed by atoms with E-state index in [2.05, 4.69) is 19.3 Å². The molecule has 0 saturated heterocycles. The number of nitrogens with zero attached hydrogens (tertiary/aromatic N) is 1. The zero-order chi connectivity index (χ0) is 16.7. The van der Waals surface area contributed by atoms with Crippen LogP contribution in [0.5, 0.6) is 0 Å². The molecule has 0 aliphatic heterocycles. The van der Waals surface area contributed by atoms with Gasteiger partial charge in [0, 0.05) is 17.7 Å². The van der Waals surface area contributed by atoms with Crippen LogP contribution in [0.4, 0.5) is 0 Å². The lowest BCUT2D eigenvalue weighted by Crippen LogP contribution is -2.47. The predicted molar refractivity (Wildman–Crippen MR) is 90.8 cm³/mol. The zero-order valence-corrected chi connectivity index (χ0v) is 13.5. The van der Waals surface area contributed by atoms with Crippen LogP contribution in [0.25, 0.3) is 0 Å². The average Bonchev–Trinajstić information content (AvgIpc) is 2.59. The van der Waals surface area contributed by atoms with Crippen LogP contribution in [0.15, 0.2) is 60.7 Å². The van der Waals surface area contributed by atoms with Crippen molar-refractivity contribution in [3.05, 3.63) is 71.8 Å². The fourth-order valence-electron chi connectivity index (χ4n) is 2.11. The van der Waals surface area contributed by atoms with E-state index in [1.54, 1.807) is 36.4 Å². The molecule has 2 aromatic carbocycles. The highest BCUT2D eigenvalue weighted by atomic mass is 16.2. The van der Waals surface area contributed by atoms with Crippen molar-refractivity contribution in [2.24, 2.45) is 5.92 Å². The van der Waals surface area contributed by atoms with Crippen molar-refractivity contribution in [2.75, 3.05) is 6.54 Å². The van der Waals surface area contributed by atoms with Crippen molar-refractivity contribution in [3.8, 4) is 0 Å². The number of hydrogen-bond donors (Lipinski definition) is 1. The first-order chi connectivity index (χ1) is 11.1. The third-order valence-electron chi connectivity index (χ3n) is 3.47. The van der Waals surface area contributed by atoms with Crippen LogP contribution in [0, 0.1) is 5.92 Å². The number of amides is 2. The number of hydrazine groups is 1. The SMILES string of the molecule is CC(C)CCN(NC(=O)c1ccccc1)C(=O)c1ccccc1. The Bertz CT molecular complexity index is 639. The van der Waals surface area contributed by atoms with Gasteiger partial charge in [0.25, 0.3) is 11.8 Å². The average molecular weight is 310 g/mol. The summed E-state index contributed by atoms with van der Waals surface area (Å²) in [6, 6.07) is 17.9. The second-order valence-corrected chi connectivity index (χ2v) is 5.81. The lowest BCUT2D eigenvalue weighted by atomic mass is 10.1. The maximum Gasteiger partial charge on any atom is 0.272 e. The molecule has 0 aliphatic carbocycles. The van der Waals surface area contributed by atoms with Gasteiger partial charge in [0.1, 0.15) is 0 Å². The summed E-state index contributed by atoms with van der Waals surface area (Å²) in [5.74, 6) is -0.0381. The third-order valence-corrected chi connectivity index (χ3v) is 3.47. The van der Waals surface area contributed by atoms with Crippen LogP contribution < -0.4 is 5.43 Å². The number of hydrogen-bond acceptors (Lipinski definition) is 2. The lowest BCUT2D eigenvalue weighted by molar-refractivity contribution is 0.0573. The molecule has 0 saturated carbocycles. The summed E-state index contributed by atoms with van der Waals surface area (Å²) in [6.07, 6.45) is 0.813. The molecule has 2 rings (SSSR count). The predicted octanol–water partition coefficient (Wildman–Crippen LogP) is 3.52. The summed E-state index contributed by atoms with van der Waals surface area (Å²) in [6.45, 7) is 4.65. The first kappa shape index (κ1) is 16.7. The van der Waals surface area contributed by atoms with Crippen molar-refractivity contribution >= 4 is 11.8 Å². The summed E-state index contributed by atoms with van der Waals surface area (Å²) in [5.41, 5.74) is 3.82. The van der Waals surface area contributed by atoms with E-state index < -0.39 is 0 Å². The van der Waals surface area contributed by atoms with Crippen LogP contribution in [-0.2, 0) is 0 Å². The van der Waals surface area contributed by atoms with Gasteiger partial charge >= 0.3 is 0 Å². The normalized spacial score (nSPS) is 10.4. The molecular weight excluding hydrogens is 288 g/mol. The Kier molecular flexibility index (Phi) is 5.92. The minimum Gasteiger partial charge on any atom is -0.267 e. The Morgan fingerprint density at radius 3 is 1.96 bits per heavy atom. The summed E-state index contributed by atoms with van der Waals surface area (Å²) in [7, 11) is 0. The van der Waals surface area contributed by atoms with Gasteiger partial charge in [0.15, 0.2) is 0 Å². The minimum absolute atomic E-state index is 0.199. The number of carbonyl (C=O) groups is 2. The van der Waals surface area contributed by atoms with Gasteiger partial charge in [0.2, 0.25) is 0 Å². The van der Waals surface area contributed by atoms with Gasteiger partial charge in [-0.25, -0.2) is 5.01 Å². The van der Waals surface area contributed by atoms with Gasteiger partial charge in [-0.05, 0) is 36.6 Å². The molecule has 2 aromatic rings. The van der Waals surface area contributed by atoms with Crippen molar-refractivity contribution in [2.45, 2.75) is 20.3 Å². The maximum atomic E-state index is 12.6. The first-order valence-corrected chi connectivity index (χ1v) is 7.81. The van der Waals surface area contributed by atoms with Gasteiger partial charge in [-0.15, -0.1) is 0 Å². The summed E-state index contributed by atoms with van der Waals surface area (Å²) >= 11 is 0. The molecule has 4 heteroatoms. The van der Waals surface area contributed by atoms with Crippen molar-refractivity contribution in [3.63, 3.8) is 0 Å². The molecule has 4 nitrogen and oxygen atoms in total. The van der Waals surface area contributed by atoms with Crippen LogP contribution in [0.3, 0.4) is 0 Å². The highest BCUT2D eigenvalue weighted by molar-refractivity contribution is 5.99. The fourth-order valence-corrected chi connectivity index (χ4v) is 2.11. The van der Waals surface area contributed by atoms with E-state index in [-0.39, 0.29) is 11.8 Å². The second-order valence-electron chi connectivity index (χ2n) is 5.81. The highest BCUT2D eigenvalue weighted by Crippen LogP contribution is 2.08. The Balaban J connectivity index is 2.14. The quantitative estimate of drug-likeness (QED) is 0.859. The van der Waals surface area contributed by atoms with Crippen molar-refractivity contribution < 1.29 is 9.59 Å². The largest absolute Gasteiger partial charge is 0.272 e. The highest BCUT2D eigenvalue weighted by Gasteiger charge is 2.18. The fraction of sp³-hybridized carbons (Fsp3) is 0.263. The van der Waals surface area contributed by atoms with Crippen LogP contribution >= 0.6 is 0 Å². The molecule has 0 atom stereocenters. The second kappa shape index (κ2) is 8.13. The summed E-state index contributed by atoms with van der Waals surface area (Å²) < 4.78 is 0. The van der Waals surface area contributed by atoms with E-state index in [0.29, 0.717) is 23.6 Å². The molecule has 120 valence electrons. The molecule has 0 spiro atoms. The molecule has 23 heavy (non-hydrogen) atoms. The monoisotopic (exact) mass is 310 g/mol. The topological polar surface area (TPSA) is 49.4 Å². The Labute approximate surface area is 137 Å². The minimum atomic E-state index is -0.279. The van der Waals surface area contributed by atoms with Gasteiger partial charge in [-0.1, -0.05) is 50.2 Å². The molecule has 0 unspecified atom stereocenters. The molecule has 1 N–H and O–H groups in total. The van der Waals surface area contributed by atoms with Crippen LogP contribution in [0.2, 0.25) is 0 Å². The van der Waals surface area contributed by atoms with Gasteiger partial charge in [-0.3, -0.25) is 15.0 Å². The maximum absolute atomic E-state index is 12.6. The molecular formula is C19H22N2O2. The summed E-state index contributed by atoms with van der Waals surface area (Å²) in [5, 5.41) is 1.41. The zero-order valence-electron chi connectivity index (χ0n) is 13.5. The van der Waals surface area contributed by atoms with Crippen molar-refractivity contribution in [1.29, 1.82) is 0 Å². The molecule has 0 heterocycles. The van der Waals surface area contributed by atoms with Gasteiger partial charge < -0.3 is 0 Å². The van der Waals surface area contributed by atoms with Gasteiger partial charge in [0.05, 0.1) is 0 Å². The van der Waals surface area contributed by atoms with Crippen LogP contribution in [-0.4, -0.2) is 23.4 Å². The van der Waals surface area contributed by atoms with E-state index in [4.69, 9.17) is 0 Å². The van der Waals surface area contributed by atoms with E-state index in [9.17, 15) is 9.59 Å². The van der Waals surface area contributed by atoms with Crippen molar-refractivity contribution in [1.82, 2.24) is 10.4 Å². The van der Waals surface area contributed by atoms with E-state index in [1.165, 1.54) is 5.01 Å². The molecule has 0 aliphatic rings. The Morgan fingerprint density at radius 1 is 0.913 bits per heavy atom. The molecule has 0 bridgehead atoms. The standard InChI is InChI=1S/C19H22N2O2/c1-15(2)13-14-21(19(23)17-11-7-4-8-12-17)20-18(22)16-9-5-3-6-10-16/h3-12,15H,13-14H2,1-2H3,(H,20,22). The van der Waals surface area contributed by atoms with Gasteiger partial charge in [-0.2, -0.15) is 0 Å². The first-order valence-electron chi connectivity index (χ1n) is 7.81. The van der Waals surface area contributed by atoms with E-state index in [1.807, 2.05) is 24.3 Å².